The van der Waals surface area contributed by atoms with Gasteiger partial charge in [-0.15, -0.1) is 0 Å². The molecule has 0 saturated carbocycles. The van der Waals surface area contributed by atoms with Crippen LogP contribution in [-0.4, -0.2) is 29.4 Å². The molecule has 15 heavy (non-hydrogen) atoms. The smallest absolute Gasteiger partial charge is 0.332 e. The number of aliphatic hydroxyl groups excluding tert-OH is 1. The topological polar surface area (TPSA) is 66.8 Å². The number of hydrogen-bond donors (Lipinski definition) is 2. The highest BCUT2D eigenvalue weighted by atomic mass is 16.5. The molecule has 4 heteroatoms. The van der Waals surface area contributed by atoms with Gasteiger partial charge in [0.1, 0.15) is 5.75 Å². The van der Waals surface area contributed by atoms with Crippen LogP contribution in [0.25, 0.3) is 0 Å². The number of carboxylic acids is 1. The zero-order chi connectivity index (χ0) is 11.4. The zero-order valence-electron chi connectivity index (χ0n) is 8.73. The molecule has 1 aromatic carbocycles. The molecule has 4 nitrogen and oxygen atoms in total. The van der Waals surface area contributed by atoms with E-state index in [-0.39, 0.29) is 6.42 Å². The lowest BCUT2D eigenvalue weighted by atomic mass is 10.0. The molecule has 0 spiro atoms. The van der Waals surface area contributed by atoms with Gasteiger partial charge in [0.2, 0.25) is 0 Å². The molecule has 0 aliphatic heterocycles. The van der Waals surface area contributed by atoms with Crippen LogP contribution in [0.1, 0.15) is 11.1 Å². The van der Waals surface area contributed by atoms with E-state index in [1.165, 1.54) is 0 Å². The molecular weight excluding hydrogens is 196 g/mol. The van der Waals surface area contributed by atoms with Crippen molar-refractivity contribution in [2.24, 2.45) is 0 Å². The third kappa shape index (κ3) is 2.95. The highest BCUT2D eigenvalue weighted by Gasteiger charge is 2.14. The Morgan fingerprint density at radius 2 is 2.20 bits per heavy atom. The molecule has 1 rings (SSSR count). The SMILES string of the molecule is COc1ccc(CC(O)C(=O)O)cc1C. The molecule has 0 saturated heterocycles. The van der Waals surface area contributed by atoms with Gasteiger partial charge in [0.25, 0.3) is 0 Å². The van der Waals surface area contributed by atoms with E-state index in [1.54, 1.807) is 19.2 Å². The minimum absolute atomic E-state index is 0.111. The van der Waals surface area contributed by atoms with Gasteiger partial charge in [-0.3, -0.25) is 0 Å². The Balaban J connectivity index is 2.79. The average Bonchev–Trinajstić information content (AvgIpc) is 2.18. The van der Waals surface area contributed by atoms with Crippen molar-refractivity contribution in [3.8, 4) is 5.75 Å². The lowest BCUT2D eigenvalue weighted by molar-refractivity contribution is -0.146. The second kappa shape index (κ2) is 4.79. The maximum Gasteiger partial charge on any atom is 0.332 e. The fourth-order valence-corrected chi connectivity index (χ4v) is 1.38. The van der Waals surface area contributed by atoms with Crippen LogP contribution >= 0.6 is 0 Å². The first-order chi connectivity index (χ1) is 7.04. The summed E-state index contributed by atoms with van der Waals surface area (Å²) in [7, 11) is 1.58. The largest absolute Gasteiger partial charge is 0.496 e. The maximum absolute atomic E-state index is 10.4. The van der Waals surface area contributed by atoms with Crippen molar-refractivity contribution in [1.29, 1.82) is 0 Å². The van der Waals surface area contributed by atoms with E-state index in [9.17, 15) is 4.79 Å². The molecular formula is C11H14O4. The molecule has 1 atom stereocenters. The van der Waals surface area contributed by atoms with Crippen molar-refractivity contribution < 1.29 is 19.7 Å². The van der Waals surface area contributed by atoms with Crippen molar-refractivity contribution >= 4 is 5.97 Å². The van der Waals surface area contributed by atoms with E-state index in [0.717, 1.165) is 16.9 Å². The van der Waals surface area contributed by atoms with E-state index in [2.05, 4.69) is 0 Å². The minimum Gasteiger partial charge on any atom is -0.496 e. The van der Waals surface area contributed by atoms with E-state index in [1.807, 2.05) is 13.0 Å². The molecule has 0 aliphatic rings. The fourth-order valence-electron chi connectivity index (χ4n) is 1.38. The van der Waals surface area contributed by atoms with Crippen molar-refractivity contribution in [2.45, 2.75) is 19.4 Å². The molecule has 0 bridgehead atoms. The van der Waals surface area contributed by atoms with Crippen LogP contribution in [0.3, 0.4) is 0 Å². The molecule has 0 aliphatic carbocycles. The minimum atomic E-state index is -1.35. The number of aliphatic hydroxyl groups is 1. The fraction of sp³-hybridized carbons (Fsp3) is 0.364. The average molecular weight is 210 g/mol. The summed E-state index contributed by atoms with van der Waals surface area (Å²) in [4.78, 5) is 10.4. The molecule has 82 valence electrons. The normalized spacial score (nSPS) is 12.2. The molecule has 2 N–H and O–H groups in total. The number of ether oxygens (including phenoxy) is 1. The van der Waals surface area contributed by atoms with Gasteiger partial charge in [-0.05, 0) is 24.1 Å². The van der Waals surface area contributed by atoms with Gasteiger partial charge in [0.05, 0.1) is 7.11 Å². The summed E-state index contributed by atoms with van der Waals surface area (Å²) in [6.07, 6.45) is -1.24. The summed E-state index contributed by atoms with van der Waals surface area (Å²) in [6, 6.07) is 5.32. The number of carbonyl (C=O) groups is 1. The number of benzene rings is 1. The predicted octanol–water partition coefficient (Wildman–Crippen LogP) is 0.992. The molecule has 0 amide bonds. The van der Waals surface area contributed by atoms with Crippen LogP contribution in [0.15, 0.2) is 18.2 Å². The Morgan fingerprint density at radius 3 is 2.67 bits per heavy atom. The van der Waals surface area contributed by atoms with Gasteiger partial charge >= 0.3 is 5.97 Å². The summed E-state index contributed by atoms with van der Waals surface area (Å²) in [5.74, 6) is -0.452. The second-order valence-corrected chi connectivity index (χ2v) is 3.36. The van der Waals surface area contributed by atoms with Gasteiger partial charge in [0, 0.05) is 6.42 Å². The third-order valence-corrected chi connectivity index (χ3v) is 2.17. The van der Waals surface area contributed by atoms with Gasteiger partial charge in [-0.25, -0.2) is 4.79 Å². The maximum atomic E-state index is 10.4. The lowest BCUT2D eigenvalue weighted by Crippen LogP contribution is -2.21. The van der Waals surface area contributed by atoms with Crippen molar-refractivity contribution in [3.63, 3.8) is 0 Å². The van der Waals surface area contributed by atoms with Crippen LogP contribution in [-0.2, 0) is 11.2 Å². The Labute approximate surface area is 88.1 Å². The van der Waals surface area contributed by atoms with Gasteiger partial charge in [-0.2, -0.15) is 0 Å². The lowest BCUT2D eigenvalue weighted by Gasteiger charge is -2.09. The standard InChI is InChI=1S/C11H14O4/c1-7-5-8(3-4-10(7)15-2)6-9(12)11(13)14/h3-5,9,12H,6H2,1-2H3,(H,13,14). The van der Waals surface area contributed by atoms with Crippen LogP contribution < -0.4 is 4.74 Å². The Hall–Kier alpha value is -1.55. The second-order valence-electron chi connectivity index (χ2n) is 3.36. The first kappa shape index (κ1) is 11.5. The first-order valence-corrected chi connectivity index (χ1v) is 4.59. The van der Waals surface area contributed by atoms with E-state index in [4.69, 9.17) is 14.9 Å². The van der Waals surface area contributed by atoms with Crippen LogP contribution in [0.4, 0.5) is 0 Å². The highest BCUT2D eigenvalue weighted by molar-refractivity contribution is 5.72. The number of aliphatic carboxylic acids is 1. The Morgan fingerprint density at radius 1 is 1.53 bits per heavy atom. The molecule has 0 fully saturated rings. The first-order valence-electron chi connectivity index (χ1n) is 4.59. The highest BCUT2D eigenvalue weighted by Crippen LogP contribution is 2.19. The summed E-state index contributed by atoms with van der Waals surface area (Å²) in [6.45, 7) is 1.87. The van der Waals surface area contributed by atoms with E-state index >= 15 is 0 Å². The van der Waals surface area contributed by atoms with Crippen LogP contribution in [0.5, 0.6) is 5.75 Å². The van der Waals surface area contributed by atoms with Crippen LogP contribution in [0.2, 0.25) is 0 Å². The van der Waals surface area contributed by atoms with Crippen molar-refractivity contribution in [3.05, 3.63) is 29.3 Å². The number of rotatable bonds is 4. The molecule has 1 aromatic rings. The summed E-state index contributed by atoms with van der Waals surface area (Å²) in [5, 5.41) is 17.7. The molecule has 0 radical (unpaired) electrons. The number of aryl methyl sites for hydroxylation is 1. The number of carboxylic acid groups (broad SMARTS) is 1. The van der Waals surface area contributed by atoms with E-state index < -0.39 is 12.1 Å². The molecule has 0 heterocycles. The molecule has 0 aromatic heterocycles. The Kier molecular flexibility index (Phi) is 3.68. The summed E-state index contributed by atoms with van der Waals surface area (Å²) in [5.41, 5.74) is 1.70. The zero-order valence-corrected chi connectivity index (χ0v) is 8.73. The van der Waals surface area contributed by atoms with Gasteiger partial charge in [0.15, 0.2) is 6.10 Å². The third-order valence-electron chi connectivity index (χ3n) is 2.17. The van der Waals surface area contributed by atoms with Gasteiger partial charge < -0.3 is 14.9 Å². The Bertz CT molecular complexity index is 360. The van der Waals surface area contributed by atoms with Crippen molar-refractivity contribution in [2.75, 3.05) is 7.11 Å². The predicted molar refractivity (Wildman–Crippen MR) is 55.1 cm³/mol. The summed E-state index contributed by atoms with van der Waals surface area (Å²) >= 11 is 0. The number of methoxy groups -OCH3 is 1. The van der Waals surface area contributed by atoms with Crippen LogP contribution in [0, 0.1) is 6.92 Å². The number of hydrogen-bond acceptors (Lipinski definition) is 3. The van der Waals surface area contributed by atoms with Gasteiger partial charge in [-0.1, -0.05) is 12.1 Å². The summed E-state index contributed by atoms with van der Waals surface area (Å²) < 4.78 is 5.07. The monoisotopic (exact) mass is 210 g/mol. The van der Waals surface area contributed by atoms with Crippen molar-refractivity contribution in [1.82, 2.24) is 0 Å². The molecule has 1 unspecified atom stereocenters. The van der Waals surface area contributed by atoms with E-state index in [0.29, 0.717) is 0 Å². The quantitative estimate of drug-likeness (QED) is 0.777.